The van der Waals surface area contributed by atoms with E-state index in [4.69, 9.17) is 4.74 Å². The van der Waals surface area contributed by atoms with Crippen molar-refractivity contribution in [2.75, 3.05) is 27.3 Å². The lowest BCUT2D eigenvalue weighted by molar-refractivity contribution is 0.112. The van der Waals surface area contributed by atoms with Gasteiger partial charge in [-0.25, -0.2) is 0 Å². The molecule has 0 unspecified atom stereocenters. The van der Waals surface area contributed by atoms with Crippen molar-refractivity contribution in [2.24, 2.45) is 0 Å². The van der Waals surface area contributed by atoms with Crippen LogP contribution in [0.25, 0.3) is 4.95 Å². The summed E-state index contributed by atoms with van der Waals surface area (Å²) in [5.41, 5.74) is 2.90. The molecule has 56 valence electrons. The number of nitrogens with zero attached hydrogens (tertiary/aromatic N) is 3. The molecule has 0 aliphatic carbocycles. The number of nitrogens with one attached hydrogen (secondary N) is 1. The Hall–Kier alpha value is -0.990. The van der Waals surface area contributed by atoms with Crippen LogP contribution in [-0.2, 0) is 4.74 Å². The smallest absolute Gasteiger partial charge is 0.381 e. The first kappa shape index (κ1) is 7.12. The van der Waals surface area contributed by atoms with E-state index in [1.54, 1.807) is 24.3 Å². The van der Waals surface area contributed by atoms with Crippen LogP contribution in [0.3, 0.4) is 0 Å². The monoisotopic (exact) mass is 143 g/mol. The minimum absolute atomic E-state index is 0.670. The highest BCUT2D eigenvalue weighted by atomic mass is 16.5. The average molecular weight is 143 g/mol. The first-order chi connectivity index (χ1) is 4.83. The number of hydrogen-bond acceptors (Lipinski definition) is 4. The first-order valence-corrected chi connectivity index (χ1v) is 3.05. The molecule has 0 aromatic rings. The van der Waals surface area contributed by atoms with Crippen molar-refractivity contribution >= 4 is 0 Å². The zero-order valence-corrected chi connectivity index (χ0v) is 6.16. The van der Waals surface area contributed by atoms with Crippen molar-refractivity contribution in [3.63, 3.8) is 0 Å². The van der Waals surface area contributed by atoms with Crippen molar-refractivity contribution in [2.45, 2.75) is 0 Å². The fraction of sp³-hybridized carbons (Fsp3) is 0.800. The molecular weight excluding hydrogens is 132 g/mol. The van der Waals surface area contributed by atoms with E-state index in [1.807, 2.05) is 0 Å². The Kier molecular flexibility index (Phi) is 2.31. The molecule has 0 bridgehead atoms. The zero-order valence-electron chi connectivity index (χ0n) is 6.16. The summed E-state index contributed by atoms with van der Waals surface area (Å²) in [5.74, 6) is 0. The lowest BCUT2D eigenvalue weighted by Gasteiger charge is -2.03. The lowest BCUT2D eigenvalue weighted by atomic mass is 10.7. The predicted octanol–water partition coefficient (Wildman–Crippen LogP) is -0.495. The summed E-state index contributed by atoms with van der Waals surface area (Å²) in [6, 6.07) is 0. The molecule has 0 saturated carbocycles. The third-order valence-electron chi connectivity index (χ3n) is 1.10. The summed E-state index contributed by atoms with van der Waals surface area (Å²) in [6.07, 6.45) is 2.73. The van der Waals surface area contributed by atoms with Gasteiger partial charge in [0.05, 0.1) is 13.7 Å². The van der Waals surface area contributed by atoms with Gasteiger partial charge in [0.25, 0.3) is 0 Å². The summed E-state index contributed by atoms with van der Waals surface area (Å²) in [4.78, 5) is 3.81. The summed E-state index contributed by atoms with van der Waals surface area (Å²) < 4.78 is 4.86. The molecule has 0 aromatic carbocycles. The molecule has 1 rings (SSSR count). The van der Waals surface area contributed by atoms with Crippen LogP contribution < -0.4 is 5.53 Å². The summed E-state index contributed by atoms with van der Waals surface area (Å²) in [6.45, 7) is 1.42. The van der Waals surface area contributed by atoms with Crippen LogP contribution in [0.15, 0.2) is 0 Å². The normalized spacial score (nSPS) is 15.4. The molecule has 0 amide bonds. The largest absolute Gasteiger partial charge is 0.431 e. The standard InChI is InChI=1S/C5H11N4O/c1-8-6-5-9(7-8)3-4-10-2/h7H,3-4H2,1-2H3/q+1. The van der Waals surface area contributed by atoms with Gasteiger partial charge in [0.1, 0.15) is 6.54 Å². The third-order valence-corrected chi connectivity index (χ3v) is 1.10. The summed E-state index contributed by atoms with van der Waals surface area (Å²) in [5, 5.41) is 3.30. The van der Waals surface area contributed by atoms with E-state index in [1.165, 1.54) is 0 Å². The Morgan fingerprint density at radius 1 is 1.70 bits per heavy atom. The second-order valence-electron chi connectivity index (χ2n) is 1.97. The zero-order chi connectivity index (χ0) is 7.40. The van der Waals surface area contributed by atoms with E-state index < -0.39 is 0 Å². The molecule has 0 radical (unpaired) electrons. The highest BCUT2D eigenvalue weighted by Crippen LogP contribution is 1.91. The molecule has 0 spiro atoms. The third kappa shape index (κ3) is 1.76. The Morgan fingerprint density at radius 2 is 2.50 bits per heavy atom. The molecule has 1 aliphatic rings. The molecular formula is C5H11N4O+. The molecule has 5 nitrogen and oxygen atoms in total. The van der Waals surface area contributed by atoms with Gasteiger partial charge in [0.15, 0.2) is 0 Å². The minimum atomic E-state index is 0.670. The highest BCUT2D eigenvalue weighted by Gasteiger charge is 2.18. The van der Waals surface area contributed by atoms with Gasteiger partial charge in [-0.1, -0.05) is 0 Å². The Labute approximate surface area is 59.9 Å². The summed E-state index contributed by atoms with van der Waals surface area (Å²) in [7, 11) is 3.47. The van der Waals surface area contributed by atoms with Crippen LogP contribution >= 0.6 is 0 Å². The van der Waals surface area contributed by atoms with Crippen molar-refractivity contribution < 1.29 is 4.74 Å². The quantitative estimate of drug-likeness (QED) is 0.540. The van der Waals surface area contributed by atoms with Crippen molar-refractivity contribution in [1.82, 2.24) is 15.7 Å². The summed E-state index contributed by atoms with van der Waals surface area (Å²) >= 11 is 0. The van der Waals surface area contributed by atoms with Gasteiger partial charge in [0.2, 0.25) is 0 Å². The molecule has 0 aromatic heterocycles. The van der Waals surface area contributed by atoms with Gasteiger partial charge in [0, 0.05) is 7.11 Å². The van der Waals surface area contributed by atoms with Crippen LogP contribution in [-0.4, -0.2) is 37.4 Å². The number of rotatable bonds is 3. The maximum absolute atomic E-state index is 4.86. The van der Waals surface area contributed by atoms with E-state index in [0.717, 1.165) is 6.54 Å². The van der Waals surface area contributed by atoms with Crippen molar-refractivity contribution in [3.8, 4) is 6.19 Å². The van der Waals surface area contributed by atoms with Crippen LogP contribution in [0.4, 0.5) is 0 Å². The van der Waals surface area contributed by atoms with Crippen LogP contribution in [0.1, 0.15) is 0 Å². The van der Waals surface area contributed by atoms with Gasteiger partial charge in [-0.05, 0) is 15.6 Å². The second kappa shape index (κ2) is 3.25. The van der Waals surface area contributed by atoms with Gasteiger partial charge < -0.3 is 4.74 Å². The maximum Gasteiger partial charge on any atom is 0.431 e. The molecule has 1 aliphatic heterocycles. The van der Waals surface area contributed by atoms with Crippen LogP contribution in [0, 0.1) is 6.19 Å². The van der Waals surface area contributed by atoms with E-state index in [-0.39, 0.29) is 0 Å². The van der Waals surface area contributed by atoms with Crippen molar-refractivity contribution in [1.29, 1.82) is 0 Å². The molecule has 1 heterocycles. The van der Waals surface area contributed by atoms with Gasteiger partial charge >= 0.3 is 6.19 Å². The van der Waals surface area contributed by atoms with E-state index >= 15 is 0 Å². The van der Waals surface area contributed by atoms with Gasteiger partial charge in [-0.3, -0.25) is 0 Å². The SMILES string of the molecule is COCCN1C#[N+]N(C)N1. The van der Waals surface area contributed by atoms with E-state index in [0.29, 0.717) is 6.61 Å². The topological polar surface area (TPSA) is 32.1 Å². The molecule has 0 saturated heterocycles. The minimum Gasteiger partial charge on any atom is -0.381 e. The number of methoxy groups -OCH3 is 1. The average Bonchev–Trinajstić information content (AvgIpc) is 2.31. The lowest BCUT2D eigenvalue weighted by Crippen LogP contribution is -2.39. The van der Waals surface area contributed by atoms with Gasteiger partial charge in [-0.2, -0.15) is 0 Å². The van der Waals surface area contributed by atoms with Gasteiger partial charge in [-0.15, -0.1) is 5.01 Å². The van der Waals surface area contributed by atoms with Crippen LogP contribution in [0.2, 0.25) is 0 Å². The number of ether oxygens (including phenoxy) is 1. The molecule has 0 fully saturated rings. The number of hydrogen-bond donors (Lipinski definition) is 1. The van der Waals surface area contributed by atoms with E-state index in [9.17, 15) is 0 Å². The second-order valence-corrected chi connectivity index (χ2v) is 1.97. The van der Waals surface area contributed by atoms with Crippen LogP contribution in [0.5, 0.6) is 0 Å². The number of hydrazine groups is 2. The Morgan fingerprint density at radius 3 is 3.00 bits per heavy atom. The van der Waals surface area contributed by atoms with E-state index in [2.05, 4.69) is 16.7 Å². The van der Waals surface area contributed by atoms with Crippen molar-refractivity contribution in [3.05, 3.63) is 4.95 Å². The fourth-order valence-electron chi connectivity index (χ4n) is 0.623. The fourth-order valence-corrected chi connectivity index (χ4v) is 0.623. The Balaban J connectivity index is 2.16. The molecule has 1 N–H and O–H groups in total. The first-order valence-electron chi connectivity index (χ1n) is 3.05. The Bertz CT molecular complexity index is 161. The molecule has 0 atom stereocenters. The maximum atomic E-state index is 4.86. The highest BCUT2D eigenvalue weighted by molar-refractivity contribution is 4.85. The molecule has 10 heavy (non-hydrogen) atoms. The predicted molar refractivity (Wildman–Crippen MR) is 36.7 cm³/mol. The molecule has 5 heteroatoms.